The molecule has 0 radical (unpaired) electrons. The second kappa shape index (κ2) is 7.12. The van der Waals surface area contributed by atoms with Crippen LogP contribution in [0.4, 0.5) is 0 Å². The van der Waals surface area contributed by atoms with Gasteiger partial charge in [0.05, 0.1) is 12.2 Å². The van der Waals surface area contributed by atoms with Gasteiger partial charge in [-0.3, -0.25) is 9.59 Å². The first-order valence-electron chi connectivity index (χ1n) is 10.4. The van der Waals surface area contributed by atoms with Crippen molar-refractivity contribution in [1.29, 1.82) is 0 Å². The minimum absolute atomic E-state index is 0.0617. The van der Waals surface area contributed by atoms with Crippen LogP contribution < -0.4 is 5.73 Å². The average Bonchev–Trinajstić information content (AvgIpc) is 2.89. The first kappa shape index (κ1) is 20.7. The summed E-state index contributed by atoms with van der Waals surface area (Å²) >= 11 is 0. The maximum atomic E-state index is 12.4. The Bertz CT molecular complexity index is 605. The van der Waals surface area contributed by atoms with E-state index in [0.29, 0.717) is 18.1 Å². The van der Waals surface area contributed by atoms with Crippen LogP contribution in [0.15, 0.2) is 0 Å². The van der Waals surface area contributed by atoms with Crippen molar-refractivity contribution >= 4 is 11.8 Å². The number of hydrogen-bond donors (Lipinski definition) is 4. The van der Waals surface area contributed by atoms with Crippen LogP contribution >= 0.6 is 0 Å². The summed E-state index contributed by atoms with van der Waals surface area (Å²) < 4.78 is 0. The summed E-state index contributed by atoms with van der Waals surface area (Å²) in [6, 6.07) is 0.147. The average molecular weight is 382 g/mol. The third-order valence-electron chi connectivity index (χ3n) is 8.50. The molecule has 4 saturated carbocycles. The van der Waals surface area contributed by atoms with Crippen LogP contribution in [-0.2, 0) is 9.59 Å². The maximum Gasteiger partial charge on any atom is 0.300 e. The SMILES string of the molecule is CC(=O)O.C[C@]12CC[C@@H](N)CC1[C@@H](O)[C@H](O)[C@@H]1[C@@H]2CC[C@]2(C)C(=O)CC[C@@H]12. The second-order valence-corrected chi connectivity index (χ2v) is 9.86. The number of carboxylic acid groups (broad SMARTS) is 1. The summed E-state index contributed by atoms with van der Waals surface area (Å²) in [5.41, 5.74) is 5.96. The molecule has 4 rings (SSSR count). The number of nitrogens with two attached hydrogens (primary N) is 1. The molecule has 27 heavy (non-hydrogen) atoms. The monoisotopic (exact) mass is 381 g/mol. The number of carbonyl (C=O) groups is 2. The minimum atomic E-state index is -0.833. The molecule has 9 atom stereocenters. The Morgan fingerprint density at radius 3 is 2.30 bits per heavy atom. The number of Topliss-reactive ketones (excluding diaryl/α,β-unsaturated/α-hetero) is 1. The van der Waals surface area contributed by atoms with Crippen LogP contribution in [0.25, 0.3) is 0 Å². The van der Waals surface area contributed by atoms with Crippen molar-refractivity contribution in [3.8, 4) is 0 Å². The molecule has 0 spiro atoms. The normalized spacial score (nSPS) is 51.3. The van der Waals surface area contributed by atoms with E-state index in [4.69, 9.17) is 15.6 Å². The van der Waals surface area contributed by atoms with Gasteiger partial charge >= 0.3 is 0 Å². The number of fused-ring (bicyclic) bond motifs is 5. The molecule has 4 aliphatic carbocycles. The molecule has 0 aromatic heterocycles. The lowest BCUT2D eigenvalue weighted by atomic mass is 9.43. The highest BCUT2D eigenvalue weighted by Crippen LogP contribution is 2.65. The van der Waals surface area contributed by atoms with Gasteiger partial charge in [0, 0.05) is 24.8 Å². The molecule has 0 heterocycles. The molecule has 0 aliphatic heterocycles. The van der Waals surface area contributed by atoms with E-state index in [1.165, 1.54) is 0 Å². The zero-order valence-corrected chi connectivity index (χ0v) is 16.7. The molecule has 4 fully saturated rings. The number of aliphatic hydroxyl groups excluding tert-OH is 2. The molecule has 4 aliphatic rings. The quantitative estimate of drug-likeness (QED) is 0.509. The van der Waals surface area contributed by atoms with Gasteiger partial charge < -0.3 is 21.1 Å². The van der Waals surface area contributed by atoms with Gasteiger partial charge in [-0.2, -0.15) is 0 Å². The Morgan fingerprint density at radius 2 is 1.67 bits per heavy atom. The van der Waals surface area contributed by atoms with Crippen molar-refractivity contribution < 1.29 is 24.9 Å². The van der Waals surface area contributed by atoms with Gasteiger partial charge in [-0.25, -0.2) is 0 Å². The van der Waals surface area contributed by atoms with E-state index >= 15 is 0 Å². The number of carboxylic acids is 1. The zero-order chi connectivity index (χ0) is 20.1. The molecule has 6 nitrogen and oxygen atoms in total. The van der Waals surface area contributed by atoms with Crippen molar-refractivity contribution in [2.45, 2.75) is 84.0 Å². The highest BCUT2D eigenvalue weighted by molar-refractivity contribution is 5.87. The summed E-state index contributed by atoms with van der Waals surface area (Å²) in [6.07, 6.45) is 4.99. The lowest BCUT2D eigenvalue weighted by Crippen LogP contribution is -2.64. The Kier molecular flexibility index (Phi) is 5.47. The Balaban J connectivity index is 0.000000481. The van der Waals surface area contributed by atoms with Crippen LogP contribution in [0, 0.1) is 34.5 Å². The van der Waals surface area contributed by atoms with E-state index in [-0.39, 0.29) is 34.6 Å². The molecule has 154 valence electrons. The lowest BCUT2D eigenvalue weighted by Gasteiger charge is -2.62. The molecule has 0 amide bonds. The van der Waals surface area contributed by atoms with Crippen LogP contribution in [0.1, 0.15) is 65.7 Å². The van der Waals surface area contributed by atoms with Crippen molar-refractivity contribution in [2.75, 3.05) is 0 Å². The number of ketones is 1. The summed E-state index contributed by atoms with van der Waals surface area (Å²) in [6.45, 7) is 5.50. The molecule has 5 N–H and O–H groups in total. The van der Waals surface area contributed by atoms with Crippen LogP contribution in [0.2, 0.25) is 0 Å². The van der Waals surface area contributed by atoms with Crippen LogP contribution in [0.5, 0.6) is 0 Å². The molecule has 6 heteroatoms. The number of carbonyl (C=O) groups excluding carboxylic acids is 1. The first-order valence-corrected chi connectivity index (χ1v) is 10.4. The van der Waals surface area contributed by atoms with Gasteiger partial charge in [0.25, 0.3) is 5.97 Å². The standard InChI is InChI=1S/C19H31NO3.C2H4O2/c1-18-7-5-10(20)9-13(18)16(22)17(23)15-11-3-4-14(21)19(11,2)8-6-12(15)18;1-2(3)4/h10-13,15-17,22-23H,3-9,20H2,1-2H3;1H3,(H,3,4)/t10-,11+,12+,13?,15+,16-,17-,18-,19+;/m1./s1. The molecule has 1 unspecified atom stereocenters. The molecule has 0 aromatic carbocycles. The fraction of sp³-hybridized carbons (Fsp3) is 0.905. The van der Waals surface area contributed by atoms with Gasteiger partial charge in [-0.05, 0) is 67.6 Å². The largest absolute Gasteiger partial charge is 0.481 e. The summed E-state index contributed by atoms with van der Waals surface area (Å²) in [5.74, 6) is 0.379. The van der Waals surface area contributed by atoms with Gasteiger partial charge in [0.15, 0.2) is 0 Å². The van der Waals surface area contributed by atoms with Crippen molar-refractivity contribution in [3.63, 3.8) is 0 Å². The van der Waals surface area contributed by atoms with Gasteiger partial charge in [0.2, 0.25) is 0 Å². The fourth-order valence-corrected chi connectivity index (χ4v) is 7.06. The lowest BCUT2D eigenvalue weighted by molar-refractivity contribution is -0.212. The molecule has 0 bridgehead atoms. The zero-order valence-electron chi connectivity index (χ0n) is 16.7. The number of rotatable bonds is 0. The van der Waals surface area contributed by atoms with E-state index < -0.39 is 18.2 Å². The summed E-state index contributed by atoms with van der Waals surface area (Å²) in [7, 11) is 0. The topological polar surface area (TPSA) is 121 Å². The van der Waals surface area contributed by atoms with Crippen LogP contribution in [-0.4, -0.2) is 45.3 Å². The number of hydrogen-bond acceptors (Lipinski definition) is 5. The number of aliphatic hydroxyl groups is 2. The van der Waals surface area contributed by atoms with Gasteiger partial charge in [-0.1, -0.05) is 13.8 Å². The van der Waals surface area contributed by atoms with Gasteiger partial charge in [0.1, 0.15) is 5.78 Å². The van der Waals surface area contributed by atoms with Gasteiger partial charge in [-0.15, -0.1) is 0 Å². The molecule has 0 saturated heterocycles. The predicted molar refractivity (Wildman–Crippen MR) is 101 cm³/mol. The van der Waals surface area contributed by atoms with E-state index in [1.807, 2.05) is 0 Å². The number of aliphatic carboxylic acids is 1. The Hall–Kier alpha value is -0.980. The van der Waals surface area contributed by atoms with Crippen molar-refractivity contribution in [2.24, 2.45) is 40.2 Å². The third-order valence-corrected chi connectivity index (χ3v) is 8.50. The summed E-state index contributed by atoms with van der Waals surface area (Å²) in [4.78, 5) is 21.4. The molecular formula is C21H35NO5. The third kappa shape index (κ3) is 3.23. The van der Waals surface area contributed by atoms with E-state index in [2.05, 4.69) is 13.8 Å². The Morgan fingerprint density at radius 1 is 1.04 bits per heavy atom. The predicted octanol–water partition coefficient (Wildman–Crippen LogP) is 1.96. The Labute approximate surface area is 161 Å². The van der Waals surface area contributed by atoms with E-state index in [0.717, 1.165) is 45.4 Å². The van der Waals surface area contributed by atoms with Crippen molar-refractivity contribution in [1.82, 2.24) is 0 Å². The van der Waals surface area contributed by atoms with E-state index in [1.54, 1.807) is 0 Å². The molecule has 0 aromatic rings. The van der Waals surface area contributed by atoms with E-state index in [9.17, 15) is 15.0 Å². The second-order valence-electron chi connectivity index (χ2n) is 9.86. The summed E-state index contributed by atoms with van der Waals surface area (Å²) in [5, 5.41) is 29.2. The van der Waals surface area contributed by atoms with Crippen molar-refractivity contribution in [3.05, 3.63) is 0 Å². The first-order chi connectivity index (χ1) is 12.5. The fourth-order valence-electron chi connectivity index (χ4n) is 7.06. The smallest absolute Gasteiger partial charge is 0.300 e. The maximum absolute atomic E-state index is 12.4. The molecular weight excluding hydrogens is 346 g/mol. The van der Waals surface area contributed by atoms with Crippen LogP contribution in [0.3, 0.4) is 0 Å². The minimum Gasteiger partial charge on any atom is -0.481 e. The highest BCUT2D eigenvalue weighted by atomic mass is 16.4. The highest BCUT2D eigenvalue weighted by Gasteiger charge is 2.64.